The molecule has 0 atom stereocenters. The maximum Gasteiger partial charge on any atom is 0.251 e. The Labute approximate surface area is 120 Å². The summed E-state index contributed by atoms with van der Waals surface area (Å²) in [5, 5.41) is 2.92. The zero-order valence-electron chi connectivity index (χ0n) is 12.3. The summed E-state index contributed by atoms with van der Waals surface area (Å²) >= 11 is 0. The van der Waals surface area contributed by atoms with Crippen molar-refractivity contribution < 1.29 is 14.3 Å². The largest absolute Gasteiger partial charge is 0.493 e. The molecule has 1 aliphatic heterocycles. The molecule has 0 spiro atoms. The molecule has 1 aromatic rings. The molecule has 1 amide bonds. The number of carbonyl (C=O) groups excluding carboxylic acids is 1. The number of fused-ring (bicyclic) bond motifs is 1. The van der Waals surface area contributed by atoms with Gasteiger partial charge in [-0.2, -0.15) is 0 Å². The number of hydrogen-bond donors (Lipinski definition) is 1. The van der Waals surface area contributed by atoms with E-state index in [1.165, 1.54) is 0 Å². The Kier molecular flexibility index (Phi) is 5.41. The van der Waals surface area contributed by atoms with E-state index in [9.17, 15) is 4.79 Å². The van der Waals surface area contributed by atoms with Crippen molar-refractivity contribution in [3.8, 4) is 5.75 Å². The van der Waals surface area contributed by atoms with Crippen molar-refractivity contribution in [3.63, 3.8) is 0 Å². The van der Waals surface area contributed by atoms with Crippen LogP contribution in [0.3, 0.4) is 0 Å². The van der Waals surface area contributed by atoms with Gasteiger partial charge in [-0.1, -0.05) is 13.8 Å². The fourth-order valence-corrected chi connectivity index (χ4v) is 2.13. The SMILES string of the molecule is CC(C)COCCCNC(=O)c1ccc2c(c1)CCO2. The third-order valence-electron chi connectivity index (χ3n) is 3.15. The molecule has 0 saturated carbocycles. The van der Waals surface area contributed by atoms with E-state index in [0.29, 0.717) is 31.2 Å². The summed E-state index contributed by atoms with van der Waals surface area (Å²) in [6.07, 6.45) is 1.73. The maximum absolute atomic E-state index is 12.0. The topological polar surface area (TPSA) is 47.6 Å². The first-order valence-corrected chi connectivity index (χ1v) is 7.28. The highest BCUT2D eigenvalue weighted by Gasteiger charge is 2.14. The monoisotopic (exact) mass is 277 g/mol. The number of ether oxygens (including phenoxy) is 2. The van der Waals surface area contributed by atoms with Gasteiger partial charge in [0.15, 0.2) is 0 Å². The van der Waals surface area contributed by atoms with Crippen LogP contribution in [0.5, 0.6) is 5.75 Å². The summed E-state index contributed by atoms with van der Waals surface area (Å²) in [5.74, 6) is 1.44. The van der Waals surface area contributed by atoms with E-state index in [0.717, 1.165) is 30.8 Å². The van der Waals surface area contributed by atoms with Crippen LogP contribution in [0, 0.1) is 5.92 Å². The van der Waals surface area contributed by atoms with Crippen molar-refractivity contribution in [1.29, 1.82) is 0 Å². The van der Waals surface area contributed by atoms with Gasteiger partial charge in [0.2, 0.25) is 0 Å². The van der Waals surface area contributed by atoms with E-state index in [1.807, 2.05) is 18.2 Å². The molecule has 1 N–H and O–H groups in total. The number of rotatable bonds is 7. The van der Waals surface area contributed by atoms with Crippen molar-refractivity contribution >= 4 is 5.91 Å². The van der Waals surface area contributed by atoms with Crippen molar-refractivity contribution in [2.24, 2.45) is 5.92 Å². The Morgan fingerprint density at radius 1 is 1.45 bits per heavy atom. The minimum atomic E-state index is -0.0245. The molecule has 4 nitrogen and oxygen atoms in total. The summed E-state index contributed by atoms with van der Waals surface area (Å²) < 4.78 is 10.9. The lowest BCUT2D eigenvalue weighted by atomic mass is 10.1. The Balaban J connectivity index is 1.70. The average Bonchev–Trinajstić information content (AvgIpc) is 2.89. The van der Waals surface area contributed by atoms with Gasteiger partial charge in [0.1, 0.15) is 5.75 Å². The van der Waals surface area contributed by atoms with Crippen LogP contribution in [0.25, 0.3) is 0 Å². The van der Waals surface area contributed by atoms with Gasteiger partial charge in [-0.05, 0) is 36.1 Å². The van der Waals surface area contributed by atoms with E-state index >= 15 is 0 Å². The molecule has 110 valence electrons. The molecule has 0 aromatic heterocycles. The molecule has 0 radical (unpaired) electrons. The van der Waals surface area contributed by atoms with E-state index in [2.05, 4.69) is 19.2 Å². The number of carbonyl (C=O) groups is 1. The number of amides is 1. The highest BCUT2D eigenvalue weighted by molar-refractivity contribution is 5.94. The lowest BCUT2D eigenvalue weighted by Gasteiger charge is -2.08. The smallest absolute Gasteiger partial charge is 0.251 e. The molecule has 1 aliphatic rings. The molecule has 1 aromatic carbocycles. The first-order valence-electron chi connectivity index (χ1n) is 7.28. The standard InChI is InChI=1S/C16H23NO3/c1-12(2)11-19-8-3-7-17-16(18)14-4-5-15-13(10-14)6-9-20-15/h4-5,10,12H,3,6-9,11H2,1-2H3,(H,17,18). The van der Waals surface area contributed by atoms with Crippen LogP contribution in [-0.2, 0) is 11.2 Å². The number of hydrogen-bond acceptors (Lipinski definition) is 3. The third kappa shape index (κ3) is 4.23. The molecule has 0 unspecified atom stereocenters. The highest BCUT2D eigenvalue weighted by Crippen LogP contribution is 2.25. The fraction of sp³-hybridized carbons (Fsp3) is 0.562. The molecule has 2 rings (SSSR count). The van der Waals surface area contributed by atoms with Gasteiger partial charge in [0.25, 0.3) is 5.91 Å². The number of nitrogens with one attached hydrogen (secondary N) is 1. The van der Waals surface area contributed by atoms with Gasteiger partial charge in [-0.25, -0.2) is 0 Å². The third-order valence-corrected chi connectivity index (χ3v) is 3.15. The number of benzene rings is 1. The van der Waals surface area contributed by atoms with Crippen LogP contribution in [0.2, 0.25) is 0 Å². The van der Waals surface area contributed by atoms with Crippen LogP contribution >= 0.6 is 0 Å². The van der Waals surface area contributed by atoms with E-state index in [4.69, 9.17) is 9.47 Å². The van der Waals surface area contributed by atoms with Crippen molar-refractivity contribution in [2.45, 2.75) is 26.7 Å². The van der Waals surface area contributed by atoms with Crippen LogP contribution < -0.4 is 10.1 Å². The minimum absolute atomic E-state index is 0.0245. The summed E-state index contributed by atoms with van der Waals surface area (Å²) in [6, 6.07) is 5.62. The second-order valence-electron chi connectivity index (χ2n) is 5.50. The summed E-state index contributed by atoms with van der Waals surface area (Å²) in [7, 11) is 0. The van der Waals surface area contributed by atoms with Gasteiger partial charge in [-0.3, -0.25) is 4.79 Å². The molecule has 1 heterocycles. The first-order chi connectivity index (χ1) is 9.66. The predicted octanol–water partition coefficient (Wildman–Crippen LogP) is 2.41. The van der Waals surface area contributed by atoms with E-state index in [1.54, 1.807) is 0 Å². The van der Waals surface area contributed by atoms with Crippen molar-refractivity contribution in [3.05, 3.63) is 29.3 Å². The summed E-state index contributed by atoms with van der Waals surface area (Å²) in [6.45, 7) is 7.08. The van der Waals surface area contributed by atoms with E-state index < -0.39 is 0 Å². The molecule has 4 heteroatoms. The van der Waals surface area contributed by atoms with Gasteiger partial charge in [0.05, 0.1) is 6.61 Å². The van der Waals surface area contributed by atoms with Gasteiger partial charge >= 0.3 is 0 Å². The fourth-order valence-electron chi connectivity index (χ4n) is 2.13. The van der Waals surface area contributed by atoms with Gasteiger partial charge in [0, 0.05) is 31.7 Å². The Bertz CT molecular complexity index is 457. The quantitative estimate of drug-likeness (QED) is 0.779. The molecular weight excluding hydrogens is 254 g/mol. The van der Waals surface area contributed by atoms with Crippen LogP contribution in [-0.4, -0.2) is 32.3 Å². The molecule has 0 aliphatic carbocycles. The summed E-state index contributed by atoms with van der Waals surface area (Å²) in [5.41, 5.74) is 1.83. The van der Waals surface area contributed by atoms with Crippen LogP contribution in [0.15, 0.2) is 18.2 Å². The van der Waals surface area contributed by atoms with Crippen LogP contribution in [0.4, 0.5) is 0 Å². The van der Waals surface area contributed by atoms with Crippen molar-refractivity contribution in [2.75, 3.05) is 26.4 Å². The van der Waals surface area contributed by atoms with Gasteiger partial charge in [-0.15, -0.1) is 0 Å². The molecule has 0 bridgehead atoms. The molecular formula is C16H23NO3. The first kappa shape index (κ1) is 14.9. The van der Waals surface area contributed by atoms with Crippen LogP contribution in [0.1, 0.15) is 36.2 Å². The minimum Gasteiger partial charge on any atom is -0.493 e. The Morgan fingerprint density at radius 3 is 3.10 bits per heavy atom. The predicted molar refractivity (Wildman–Crippen MR) is 78.2 cm³/mol. The zero-order chi connectivity index (χ0) is 14.4. The second-order valence-corrected chi connectivity index (χ2v) is 5.50. The zero-order valence-corrected chi connectivity index (χ0v) is 12.3. The normalized spacial score (nSPS) is 13.2. The van der Waals surface area contributed by atoms with Crippen molar-refractivity contribution in [1.82, 2.24) is 5.32 Å². The lowest BCUT2D eigenvalue weighted by molar-refractivity contribution is 0.0925. The molecule has 20 heavy (non-hydrogen) atoms. The Morgan fingerprint density at radius 2 is 2.30 bits per heavy atom. The van der Waals surface area contributed by atoms with Gasteiger partial charge < -0.3 is 14.8 Å². The molecule has 0 fully saturated rings. The average molecular weight is 277 g/mol. The maximum atomic E-state index is 12.0. The van der Waals surface area contributed by atoms with E-state index in [-0.39, 0.29) is 5.91 Å². The molecule has 0 saturated heterocycles. The second kappa shape index (κ2) is 7.29. The Hall–Kier alpha value is -1.55. The lowest BCUT2D eigenvalue weighted by Crippen LogP contribution is -2.25. The summed E-state index contributed by atoms with van der Waals surface area (Å²) in [4.78, 5) is 12.0. The highest BCUT2D eigenvalue weighted by atomic mass is 16.5.